The zero-order valence-electron chi connectivity index (χ0n) is 9.67. The Bertz CT molecular complexity index is 322. The van der Waals surface area contributed by atoms with E-state index in [2.05, 4.69) is 0 Å². The molecule has 0 N–H and O–H groups in total. The summed E-state index contributed by atoms with van der Waals surface area (Å²) in [6, 6.07) is 6.09. The zero-order valence-corrected chi connectivity index (χ0v) is 9.67. The highest BCUT2D eigenvalue weighted by atomic mass is 16.5. The monoisotopic (exact) mass is 206 g/mol. The van der Waals surface area contributed by atoms with Crippen molar-refractivity contribution in [1.29, 1.82) is 0 Å². The molecule has 0 bridgehead atoms. The summed E-state index contributed by atoms with van der Waals surface area (Å²) in [5, 5.41) is 0. The van der Waals surface area contributed by atoms with Crippen LogP contribution in [0.25, 0.3) is 0 Å². The molecule has 0 saturated heterocycles. The molecule has 0 aliphatic rings. The van der Waals surface area contributed by atoms with Crippen molar-refractivity contribution in [1.82, 2.24) is 0 Å². The summed E-state index contributed by atoms with van der Waals surface area (Å²) in [5.74, 6) is 1.18. The summed E-state index contributed by atoms with van der Waals surface area (Å²) in [5.41, 5.74) is 2.30. The van der Waals surface area contributed by atoms with Gasteiger partial charge in [0.15, 0.2) is 0 Å². The van der Waals surface area contributed by atoms with Crippen LogP contribution >= 0.6 is 0 Å². The number of ether oxygens (including phenoxy) is 1. The molecule has 0 aliphatic heterocycles. The Morgan fingerprint density at radius 3 is 2.40 bits per heavy atom. The number of carbonyl (C=O) groups excluding carboxylic acids is 1. The third-order valence-electron chi connectivity index (χ3n) is 2.33. The minimum absolute atomic E-state index is 0.222. The molecule has 1 aromatic rings. The quantitative estimate of drug-likeness (QED) is 0.692. The van der Waals surface area contributed by atoms with Gasteiger partial charge in [-0.15, -0.1) is 0 Å². The lowest BCUT2D eigenvalue weighted by Gasteiger charge is -2.11. The second-order valence-corrected chi connectivity index (χ2v) is 3.87. The van der Waals surface area contributed by atoms with E-state index in [-0.39, 0.29) is 5.78 Å². The zero-order chi connectivity index (χ0) is 11.3. The molecule has 0 heterocycles. The van der Waals surface area contributed by atoms with E-state index in [4.69, 9.17) is 4.74 Å². The molecule has 1 aromatic carbocycles. The minimum atomic E-state index is 0.222. The number of aryl methyl sites for hydroxylation is 2. The van der Waals surface area contributed by atoms with Crippen molar-refractivity contribution in [3.8, 4) is 5.75 Å². The van der Waals surface area contributed by atoms with E-state index in [1.807, 2.05) is 32.0 Å². The molecule has 0 aromatic heterocycles. The molecule has 0 fully saturated rings. The molecule has 0 radical (unpaired) electrons. The molecule has 0 atom stereocenters. The van der Waals surface area contributed by atoms with Crippen molar-refractivity contribution in [2.75, 3.05) is 6.61 Å². The first-order chi connectivity index (χ1) is 7.11. The van der Waals surface area contributed by atoms with Gasteiger partial charge in [-0.3, -0.25) is 0 Å². The van der Waals surface area contributed by atoms with Gasteiger partial charge >= 0.3 is 0 Å². The van der Waals surface area contributed by atoms with Gasteiger partial charge in [0.05, 0.1) is 6.61 Å². The van der Waals surface area contributed by atoms with E-state index in [9.17, 15) is 4.79 Å². The summed E-state index contributed by atoms with van der Waals surface area (Å²) in [4.78, 5) is 10.7. The molecule has 0 saturated carbocycles. The summed E-state index contributed by atoms with van der Waals surface area (Å²) < 4.78 is 5.67. The van der Waals surface area contributed by atoms with Crippen LogP contribution < -0.4 is 4.74 Å². The Kier molecular flexibility index (Phi) is 4.35. The molecule has 2 heteroatoms. The van der Waals surface area contributed by atoms with Crippen LogP contribution in [0.1, 0.15) is 30.9 Å². The van der Waals surface area contributed by atoms with Crippen LogP contribution in [-0.2, 0) is 4.79 Å². The van der Waals surface area contributed by atoms with Crippen LogP contribution in [0.2, 0.25) is 0 Å². The highest BCUT2D eigenvalue weighted by Gasteiger charge is 2.02. The van der Waals surface area contributed by atoms with Crippen molar-refractivity contribution in [2.24, 2.45) is 0 Å². The van der Waals surface area contributed by atoms with E-state index >= 15 is 0 Å². The average Bonchev–Trinajstić information content (AvgIpc) is 2.15. The number of hydrogen-bond acceptors (Lipinski definition) is 2. The SMILES string of the molecule is CC(=O)CCCOc1c(C)cccc1C. The molecule has 0 spiro atoms. The van der Waals surface area contributed by atoms with Gasteiger partial charge in [-0.2, -0.15) is 0 Å². The number of para-hydroxylation sites is 1. The van der Waals surface area contributed by atoms with E-state index in [0.717, 1.165) is 23.3 Å². The topological polar surface area (TPSA) is 26.3 Å². The number of benzene rings is 1. The average molecular weight is 206 g/mol. The van der Waals surface area contributed by atoms with Crippen LogP contribution in [0.15, 0.2) is 18.2 Å². The Morgan fingerprint density at radius 2 is 1.87 bits per heavy atom. The Hall–Kier alpha value is -1.31. The van der Waals surface area contributed by atoms with Crippen LogP contribution in [0.5, 0.6) is 5.75 Å². The second kappa shape index (κ2) is 5.54. The van der Waals surface area contributed by atoms with Gasteiger partial charge in [0.2, 0.25) is 0 Å². The van der Waals surface area contributed by atoms with Crippen molar-refractivity contribution in [2.45, 2.75) is 33.6 Å². The molecular formula is C13H18O2. The largest absolute Gasteiger partial charge is 0.493 e. The van der Waals surface area contributed by atoms with E-state index < -0.39 is 0 Å². The maximum Gasteiger partial charge on any atom is 0.129 e. The van der Waals surface area contributed by atoms with Gasteiger partial charge in [-0.05, 0) is 38.3 Å². The van der Waals surface area contributed by atoms with Gasteiger partial charge in [-0.25, -0.2) is 0 Å². The minimum Gasteiger partial charge on any atom is -0.493 e. The standard InChI is InChI=1S/C13H18O2/c1-10-6-4-7-11(2)13(10)15-9-5-8-12(3)14/h4,6-7H,5,8-9H2,1-3H3. The van der Waals surface area contributed by atoms with E-state index in [0.29, 0.717) is 13.0 Å². The molecule has 0 unspecified atom stereocenters. The smallest absolute Gasteiger partial charge is 0.129 e. The number of hydrogen-bond donors (Lipinski definition) is 0. The molecule has 1 rings (SSSR count). The maximum absolute atomic E-state index is 10.7. The van der Waals surface area contributed by atoms with E-state index in [1.165, 1.54) is 0 Å². The van der Waals surface area contributed by atoms with E-state index in [1.54, 1.807) is 6.92 Å². The predicted molar refractivity (Wildman–Crippen MR) is 61.3 cm³/mol. The van der Waals surface area contributed by atoms with Gasteiger partial charge in [0, 0.05) is 6.42 Å². The lowest BCUT2D eigenvalue weighted by molar-refractivity contribution is -0.117. The van der Waals surface area contributed by atoms with Gasteiger partial charge in [0.1, 0.15) is 11.5 Å². The summed E-state index contributed by atoms with van der Waals surface area (Å²) in [6.07, 6.45) is 1.40. The summed E-state index contributed by atoms with van der Waals surface area (Å²) in [7, 11) is 0. The Balaban J connectivity index is 2.47. The number of ketones is 1. The second-order valence-electron chi connectivity index (χ2n) is 3.87. The first kappa shape index (κ1) is 11.8. The summed E-state index contributed by atoms with van der Waals surface area (Å²) >= 11 is 0. The fraction of sp³-hybridized carbons (Fsp3) is 0.462. The lowest BCUT2D eigenvalue weighted by Crippen LogP contribution is -2.02. The van der Waals surface area contributed by atoms with Crippen LogP contribution in [0.3, 0.4) is 0 Å². The number of rotatable bonds is 5. The fourth-order valence-electron chi connectivity index (χ4n) is 1.52. The molecule has 82 valence electrons. The van der Waals surface area contributed by atoms with Crippen molar-refractivity contribution in [3.63, 3.8) is 0 Å². The normalized spacial score (nSPS) is 10.1. The third kappa shape index (κ3) is 3.74. The predicted octanol–water partition coefficient (Wildman–Crippen LogP) is 3.05. The molecule has 0 amide bonds. The van der Waals surface area contributed by atoms with Crippen LogP contribution in [-0.4, -0.2) is 12.4 Å². The molecular weight excluding hydrogens is 188 g/mol. The van der Waals surface area contributed by atoms with Gasteiger partial charge in [0.25, 0.3) is 0 Å². The lowest BCUT2D eigenvalue weighted by atomic mass is 10.1. The van der Waals surface area contributed by atoms with Crippen molar-refractivity contribution in [3.05, 3.63) is 29.3 Å². The van der Waals surface area contributed by atoms with Crippen molar-refractivity contribution >= 4 is 5.78 Å². The number of Topliss-reactive ketones (excluding diaryl/α,β-unsaturated/α-hetero) is 1. The molecule has 2 nitrogen and oxygen atoms in total. The van der Waals surface area contributed by atoms with Crippen molar-refractivity contribution < 1.29 is 9.53 Å². The fourth-order valence-corrected chi connectivity index (χ4v) is 1.52. The first-order valence-electron chi connectivity index (χ1n) is 5.29. The first-order valence-corrected chi connectivity index (χ1v) is 5.29. The highest BCUT2D eigenvalue weighted by Crippen LogP contribution is 2.22. The molecule has 0 aliphatic carbocycles. The van der Waals surface area contributed by atoms with Gasteiger partial charge in [-0.1, -0.05) is 18.2 Å². The Labute approximate surface area is 91.3 Å². The van der Waals surface area contributed by atoms with Gasteiger partial charge < -0.3 is 9.53 Å². The van der Waals surface area contributed by atoms with Crippen LogP contribution in [0.4, 0.5) is 0 Å². The molecule has 15 heavy (non-hydrogen) atoms. The van der Waals surface area contributed by atoms with Crippen LogP contribution in [0, 0.1) is 13.8 Å². The summed E-state index contributed by atoms with van der Waals surface area (Å²) in [6.45, 7) is 6.30. The Morgan fingerprint density at radius 1 is 1.27 bits per heavy atom. The third-order valence-corrected chi connectivity index (χ3v) is 2.33. The highest BCUT2D eigenvalue weighted by molar-refractivity contribution is 5.75. The number of carbonyl (C=O) groups is 1. The maximum atomic E-state index is 10.7.